The van der Waals surface area contributed by atoms with Crippen LogP contribution >= 0.6 is 15.9 Å². The van der Waals surface area contributed by atoms with E-state index in [2.05, 4.69) is 28.1 Å². The summed E-state index contributed by atoms with van der Waals surface area (Å²) in [5, 5.41) is 1.02. The van der Waals surface area contributed by atoms with Crippen molar-refractivity contribution < 1.29 is 8.42 Å². The van der Waals surface area contributed by atoms with Crippen LogP contribution in [0.2, 0.25) is 0 Å². The number of aryl methyl sites for hydroxylation is 1. The van der Waals surface area contributed by atoms with Crippen LogP contribution in [-0.2, 0) is 16.4 Å². The molecule has 3 nitrogen and oxygen atoms in total. The number of alkyl halides is 1. The number of benzene rings is 3. The van der Waals surface area contributed by atoms with Gasteiger partial charge in [0.2, 0.25) is 0 Å². The summed E-state index contributed by atoms with van der Waals surface area (Å²) in [6.07, 6.45) is 1.67. The highest BCUT2D eigenvalue weighted by molar-refractivity contribution is 9.09. The Labute approximate surface area is 185 Å². The van der Waals surface area contributed by atoms with Crippen molar-refractivity contribution in [1.82, 2.24) is 3.97 Å². The first kappa shape index (κ1) is 19.6. The molecule has 1 aliphatic rings. The molecule has 2 atom stereocenters. The third-order valence-electron chi connectivity index (χ3n) is 5.98. The fourth-order valence-corrected chi connectivity index (χ4v) is 6.89. The van der Waals surface area contributed by atoms with Gasteiger partial charge in [-0.05, 0) is 49.1 Å². The maximum atomic E-state index is 13.9. The maximum absolute atomic E-state index is 13.9. The van der Waals surface area contributed by atoms with Crippen LogP contribution in [-0.4, -0.2) is 17.2 Å². The molecule has 0 unspecified atom stereocenters. The quantitative estimate of drug-likeness (QED) is 0.336. The highest BCUT2D eigenvalue weighted by Crippen LogP contribution is 2.45. The summed E-state index contributed by atoms with van der Waals surface area (Å²) in [7, 11) is -3.74. The normalized spacial score (nSPS) is 19.0. The Hall–Kier alpha value is -2.37. The fourth-order valence-electron chi connectivity index (χ4n) is 4.59. The van der Waals surface area contributed by atoms with Crippen LogP contribution in [0.15, 0.2) is 83.8 Å². The van der Waals surface area contributed by atoms with E-state index in [0.29, 0.717) is 9.72 Å². The number of para-hydroxylation sites is 1. The number of halogens is 1. The van der Waals surface area contributed by atoms with Crippen LogP contribution in [0.1, 0.15) is 34.7 Å². The van der Waals surface area contributed by atoms with Gasteiger partial charge in [0.15, 0.2) is 0 Å². The zero-order chi connectivity index (χ0) is 20.9. The minimum absolute atomic E-state index is 0.00643. The van der Waals surface area contributed by atoms with E-state index in [4.69, 9.17) is 0 Å². The lowest BCUT2D eigenvalue weighted by molar-refractivity contribution is 0.574. The van der Waals surface area contributed by atoms with E-state index in [1.54, 1.807) is 16.1 Å². The second-order valence-electron chi connectivity index (χ2n) is 7.96. The predicted molar refractivity (Wildman–Crippen MR) is 125 cm³/mol. The van der Waals surface area contributed by atoms with Crippen molar-refractivity contribution in [3.63, 3.8) is 0 Å². The molecule has 152 valence electrons. The molecule has 0 fully saturated rings. The van der Waals surface area contributed by atoms with Crippen molar-refractivity contribution in [2.24, 2.45) is 0 Å². The second-order valence-corrected chi connectivity index (χ2v) is 11.0. The monoisotopic (exact) mass is 479 g/mol. The molecular weight excluding hydrogens is 458 g/mol. The Kier molecular flexibility index (Phi) is 4.83. The first-order valence-corrected chi connectivity index (χ1v) is 12.5. The van der Waals surface area contributed by atoms with E-state index in [9.17, 15) is 8.42 Å². The van der Waals surface area contributed by atoms with Crippen LogP contribution in [0.3, 0.4) is 0 Å². The first-order chi connectivity index (χ1) is 14.5. The van der Waals surface area contributed by atoms with Gasteiger partial charge >= 0.3 is 0 Å². The molecule has 4 aromatic rings. The van der Waals surface area contributed by atoms with Gasteiger partial charge in [0.25, 0.3) is 10.0 Å². The molecule has 0 radical (unpaired) electrons. The largest absolute Gasteiger partial charge is 0.268 e. The van der Waals surface area contributed by atoms with Crippen molar-refractivity contribution in [1.29, 1.82) is 0 Å². The number of hydrogen-bond donors (Lipinski definition) is 0. The third kappa shape index (κ3) is 3.12. The lowest BCUT2D eigenvalue weighted by Crippen LogP contribution is -2.25. The minimum atomic E-state index is -3.74. The smallest absolute Gasteiger partial charge is 0.237 e. The summed E-state index contributed by atoms with van der Waals surface area (Å²) in [5.74, 6) is 0.00643. The lowest BCUT2D eigenvalue weighted by atomic mass is 9.82. The molecular formula is C25H22BrNO2S. The standard InChI is InChI=1S/C25H22BrNO2S/c1-17-11-13-20(14-12-17)30(28,29)27-24-10-6-5-9-21(24)23-16-19(26)15-22(25(23)27)18-7-3-2-4-8-18/h2-14,19,22H,15-16H2,1H3/t19-,22-/m1/s1. The molecule has 0 amide bonds. The SMILES string of the molecule is Cc1ccc(S(=O)(=O)n2c3c(c4ccccc42)C[C@H](Br)C[C@@H]3c2ccccc2)cc1. The highest BCUT2D eigenvalue weighted by atomic mass is 79.9. The molecule has 1 aromatic heterocycles. The molecule has 30 heavy (non-hydrogen) atoms. The molecule has 0 saturated heterocycles. The van der Waals surface area contributed by atoms with Crippen molar-refractivity contribution in [3.8, 4) is 0 Å². The van der Waals surface area contributed by atoms with Crippen molar-refractivity contribution >= 4 is 36.9 Å². The molecule has 3 aromatic carbocycles. The number of hydrogen-bond acceptors (Lipinski definition) is 2. The molecule has 5 heteroatoms. The molecule has 0 bridgehead atoms. The Bertz CT molecular complexity index is 1330. The molecule has 0 aliphatic heterocycles. The van der Waals surface area contributed by atoms with Crippen molar-refractivity contribution in [3.05, 3.63) is 101 Å². The zero-order valence-corrected chi connectivity index (χ0v) is 19.0. The van der Waals surface area contributed by atoms with E-state index in [0.717, 1.165) is 46.1 Å². The van der Waals surface area contributed by atoms with Gasteiger partial charge in [-0.2, -0.15) is 0 Å². The number of nitrogens with zero attached hydrogens (tertiary/aromatic N) is 1. The van der Waals surface area contributed by atoms with Crippen LogP contribution in [0.4, 0.5) is 0 Å². The van der Waals surface area contributed by atoms with E-state index >= 15 is 0 Å². The highest BCUT2D eigenvalue weighted by Gasteiger charge is 2.36. The van der Waals surface area contributed by atoms with Crippen molar-refractivity contribution in [2.75, 3.05) is 0 Å². The summed E-state index contributed by atoms with van der Waals surface area (Å²) < 4.78 is 29.4. The van der Waals surface area contributed by atoms with Crippen LogP contribution < -0.4 is 0 Å². The van der Waals surface area contributed by atoms with Gasteiger partial charge in [0.05, 0.1) is 10.4 Å². The van der Waals surface area contributed by atoms with Gasteiger partial charge in [-0.3, -0.25) is 0 Å². The molecule has 1 aliphatic carbocycles. The van der Waals surface area contributed by atoms with E-state index in [1.807, 2.05) is 61.5 Å². The average molecular weight is 480 g/mol. The molecule has 0 saturated carbocycles. The lowest BCUT2D eigenvalue weighted by Gasteiger charge is -2.29. The summed E-state index contributed by atoms with van der Waals surface area (Å²) >= 11 is 3.84. The molecule has 5 rings (SSSR count). The van der Waals surface area contributed by atoms with Gasteiger partial charge < -0.3 is 0 Å². The predicted octanol–water partition coefficient (Wildman–Crippen LogP) is 6.03. The molecule has 1 heterocycles. The average Bonchev–Trinajstić information content (AvgIpc) is 3.09. The van der Waals surface area contributed by atoms with Crippen LogP contribution in [0.25, 0.3) is 10.9 Å². The van der Waals surface area contributed by atoms with Gasteiger partial charge in [-0.1, -0.05) is 82.2 Å². The fraction of sp³-hybridized carbons (Fsp3) is 0.200. The first-order valence-electron chi connectivity index (χ1n) is 10.1. The summed E-state index contributed by atoms with van der Waals surface area (Å²) in [6.45, 7) is 1.96. The second kappa shape index (κ2) is 7.40. The zero-order valence-electron chi connectivity index (χ0n) is 16.6. The summed E-state index contributed by atoms with van der Waals surface area (Å²) in [5.41, 5.74) is 4.97. The Balaban J connectivity index is 1.84. The number of fused-ring (bicyclic) bond motifs is 3. The van der Waals surface area contributed by atoms with Gasteiger partial charge in [-0.25, -0.2) is 12.4 Å². The summed E-state index contributed by atoms with van der Waals surface area (Å²) in [6, 6.07) is 25.2. The minimum Gasteiger partial charge on any atom is -0.237 e. The van der Waals surface area contributed by atoms with Gasteiger partial charge in [0, 0.05) is 21.8 Å². The maximum Gasteiger partial charge on any atom is 0.268 e. The van der Waals surface area contributed by atoms with Gasteiger partial charge in [0.1, 0.15) is 0 Å². The Morgan fingerprint density at radius 3 is 2.30 bits per heavy atom. The van der Waals surface area contributed by atoms with Crippen LogP contribution in [0.5, 0.6) is 0 Å². The number of aromatic nitrogens is 1. The summed E-state index contributed by atoms with van der Waals surface area (Å²) in [4.78, 5) is 0.626. The van der Waals surface area contributed by atoms with Crippen molar-refractivity contribution in [2.45, 2.75) is 35.4 Å². The van der Waals surface area contributed by atoms with Gasteiger partial charge in [-0.15, -0.1) is 0 Å². The third-order valence-corrected chi connectivity index (χ3v) is 8.42. The molecule has 0 N–H and O–H groups in total. The molecule has 0 spiro atoms. The topological polar surface area (TPSA) is 39.1 Å². The van der Waals surface area contributed by atoms with E-state index < -0.39 is 10.0 Å². The van der Waals surface area contributed by atoms with E-state index in [-0.39, 0.29) is 5.92 Å². The number of rotatable bonds is 3. The van der Waals surface area contributed by atoms with E-state index in [1.165, 1.54) is 0 Å². The Morgan fingerprint density at radius 2 is 1.57 bits per heavy atom. The van der Waals surface area contributed by atoms with Crippen LogP contribution in [0, 0.1) is 6.92 Å². The Morgan fingerprint density at radius 1 is 0.900 bits per heavy atom.